The number of rotatable bonds is 2. The Kier molecular flexibility index (Phi) is 3.85. The molecular formula is C8H15N. The summed E-state index contributed by atoms with van der Waals surface area (Å²) < 4.78 is 0. The van der Waals surface area contributed by atoms with Gasteiger partial charge in [0.05, 0.1) is 0 Å². The van der Waals surface area contributed by atoms with Crippen molar-refractivity contribution < 1.29 is 0 Å². The van der Waals surface area contributed by atoms with Crippen LogP contribution < -0.4 is 5.73 Å². The smallest absolute Gasteiger partial charge is 0.0272 e. The Balaban J connectivity index is 3.84. The van der Waals surface area contributed by atoms with Gasteiger partial charge in [-0.3, -0.25) is 0 Å². The Morgan fingerprint density at radius 1 is 1.44 bits per heavy atom. The van der Waals surface area contributed by atoms with Gasteiger partial charge in [-0.2, -0.15) is 0 Å². The van der Waals surface area contributed by atoms with Crippen LogP contribution >= 0.6 is 0 Å². The average Bonchev–Trinajstić information content (AvgIpc) is 1.63. The van der Waals surface area contributed by atoms with E-state index in [-0.39, 0.29) is 0 Å². The average molecular weight is 125 g/mol. The summed E-state index contributed by atoms with van der Waals surface area (Å²) in [6.07, 6.45) is 5.87. The minimum absolute atomic E-state index is 0.543. The molecule has 0 radical (unpaired) electrons. The third-order valence-electron chi connectivity index (χ3n) is 0.885. The number of nitrogens with two attached hydrogens (primary N) is 1. The first-order valence-electron chi connectivity index (χ1n) is 3.26. The predicted octanol–water partition coefficient (Wildman–Crippen LogP) is 2.06. The molecule has 0 aromatic carbocycles. The van der Waals surface area contributed by atoms with E-state index in [1.54, 1.807) is 0 Å². The van der Waals surface area contributed by atoms with Crippen molar-refractivity contribution in [2.45, 2.75) is 20.8 Å². The highest BCUT2D eigenvalue weighted by atomic mass is 14.5. The fourth-order valence-electron chi connectivity index (χ4n) is 0.633. The van der Waals surface area contributed by atoms with E-state index >= 15 is 0 Å². The van der Waals surface area contributed by atoms with E-state index in [1.807, 2.05) is 25.2 Å². The van der Waals surface area contributed by atoms with Gasteiger partial charge in [0.15, 0.2) is 0 Å². The third-order valence-corrected chi connectivity index (χ3v) is 0.885. The van der Waals surface area contributed by atoms with Crippen LogP contribution in [0, 0.1) is 5.92 Å². The van der Waals surface area contributed by atoms with E-state index in [4.69, 9.17) is 5.73 Å². The maximum atomic E-state index is 5.56. The minimum atomic E-state index is 0.543. The molecule has 0 heterocycles. The van der Waals surface area contributed by atoms with Crippen LogP contribution in [0.2, 0.25) is 0 Å². The molecule has 0 bridgehead atoms. The van der Waals surface area contributed by atoms with Gasteiger partial charge in [0, 0.05) is 5.70 Å². The molecule has 9 heavy (non-hydrogen) atoms. The molecule has 1 heteroatoms. The molecule has 0 aromatic rings. The molecule has 0 spiro atoms. The first-order valence-corrected chi connectivity index (χ1v) is 3.26. The fraction of sp³-hybridized carbons (Fsp3) is 0.500. The predicted molar refractivity (Wildman–Crippen MR) is 41.9 cm³/mol. The lowest BCUT2D eigenvalue weighted by Gasteiger charge is -1.95. The lowest BCUT2D eigenvalue weighted by Crippen LogP contribution is -1.94. The molecule has 0 aliphatic rings. The summed E-state index contributed by atoms with van der Waals surface area (Å²) in [5.74, 6) is 0.543. The van der Waals surface area contributed by atoms with Crippen LogP contribution in [0.15, 0.2) is 23.9 Å². The second-order valence-electron chi connectivity index (χ2n) is 2.41. The molecular weight excluding hydrogens is 110 g/mol. The largest absolute Gasteiger partial charge is 0.399 e. The molecule has 0 saturated heterocycles. The molecule has 0 saturated carbocycles. The minimum Gasteiger partial charge on any atom is -0.399 e. The van der Waals surface area contributed by atoms with E-state index in [0.717, 1.165) is 5.70 Å². The van der Waals surface area contributed by atoms with Crippen LogP contribution in [-0.4, -0.2) is 0 Å². The second-order valence-corrected chi connectivity index (χ2v) is 2.41. The number of allylic oxidation sites excluding steroid dienone is 3. The van der Waals surface area contributed by atoms with Gasteiger partial charge in [-0.15, -0.1) is 0 Å². The van der Waals surface area contributed by atoms with Gasteiger partial charge < -0.3 is 5.73 Å². The summed E-state index contributed by atoms with van der Waals surface area (Å²) in [6, 6.07) is 0. The normalized spacial score (nSPS) is 13.6. The zero-order valence-corrected chi connectivity index (χ0v) is 6.39. The highest BCUT2D eigenvalue weighted by Gasteiger charge is 1.85. The van der Waals surface area contributed by atoms with Gasteiger partial charge in [-0.25, -0.2) is 0 Å². The molecule has 52 valence electrons. The summed E-state index contributed by atoms with van der Waals surface area (Å²) in [6.45, 7) is 6.17. The van der Waals surface area contributed by atoms with Crippen LogP contribution in [0.4, 0.5) is 0 Å². The molecule has 0 unspecified atom stereocenters. The van der Waals surface area contributed by atoms with Crippen molar-refractivity contribution >= 4 is 0 Å². The fourth-order valence-corrected chi connectivity index (χ4v) is 0.633. The van der Waals surface area contributed by atoms with Gasteiger partial charge in [0.2, 0.25) is 0 Å². The summed E-state index contributed by atoms with van der Waals surface area (Å²) in [7, 11) is 0. The molecule has 0 rings (SSSR count). The summed E-state index contributed by atoms with van der Waals surface area (Å²) in [5.41, 5.74) is 6.41. The monoisotopic (exact) mass is 125 g/mol. The Labute approximate surface area is 57.3 Å². The van der Waals surface area contributed by atoms with Gasteiger partial charge in [-0.05, 0) is 18.9 Å². The van der Waals surface area contributed by atoms with Crippen molar-refractivity contribution in [2.75, 3.05) is 0 Å². The zero-order valence-electron chi connectivity index (χ0n) is 6.39. The molecule has 0 atom stereocenters. The first kappa shape index (κ1) is 8.28. The number of hydrogen-bond acceptors (Lipinski definition) is 1. The summed E-state index contributed by atoms with van der Waals surface area (Å²) >= 11 is 0. The van der Waals surface area contributed by atoms with Crippen molar-refractivity contribution in [1.82, 2.24) is 0 Å². The summed E-state index contributed by atoms with van der Waals surface area (Å²) in [5, 5.41) is 0. The SMILES string of the molecule is C/C=C\C(N)=C/C(C)C. The van der Waals surface area contributed by atoms with E-state index in [2.05, 4.69) is 13.8 Å². The van der Waals surface area contributed by atoms with Crippen molar-refractivity contribution in [3.05, 3.63) is 23.9 Å². The topological polar surface area (TPSA) is 26.0 Å². The van der Waals surface area contributed by atoms with Gasteiger partial charge in [0.25, 0.3) is 0 Å². The van der Waals surface area contributed by atoms with E-state index < -0.39 is 0 Å². The second kappa shape index (κ2) is 4.19. The molecule has 0 aliphatic heterocycles. The lowest BCUT2D eigenvalue weighted by atomic mass is 10.2. The summed E-state index contributed by atoms with van der Waals surface area (Å²) in [4.78, 5) is 0. The van der Waals surface area contributed by atoms with Crippen LogP contribution in [0.5, 0.6) is 0 Å². The Morgan fingerprint density at radius 2 is 2.00 bits per heavy atom. The van der Waals surface area contributed by atoms with E-state index in [1.165, 1.54) is 0 Å². The molecule has 1 nitrogen and oxygen atoms in total. The Bertz CT molecular complexity index is 121. The Morgan fingerprint density at radius 3 is 2.33 bits per heavy atom. The molecule has 0 aromatic heterocycles. The van der Waals surface area contributed by atoms with Gasteiger partial charge in [-0.1, -0.05) is 26.0 Å². The van der Waals surface area contributed by atoms with E-state index in [0.29, 0.717) is 5.92 Å². The zero-order chi connectivity index (χ0) is 7.28. The maximum absolute atomic E-state index is 5.56. The van der Waals surface area contributed by atoms with E-state index in [9.17, 15) is 0 Å². The number of hydrogen-bond donors (Lipinski definition) is 1. The van der Waals surface area contributed by atoms with Crippen LogP contribution in [0.3, 0.4) is 0 Å². The maximum Gasteiger partial charge on any atom is 0.0272 e. The Hall–Kier alpha value is -0.720. The van der Waals surface area contributed by atoms with Crippen molar-refractivity contribution in [1.29, 1.82) is 0 Å². The molecule has 2 N–H and O–H groups in total. The van der Waals surface area contributed by atoms with Crippen LogP contribution in [0.1, 0.15) is 20.8 Å². The molecule has 0 amide bonds. The highest BCUT2D eigenvalue weighted by molar-refractivity contribution is 5.14. The standard InChI is InChI=1S/C8H15N/c1-4-5-8(9)6-7(2)3/h4-7H,9H2,1-3H3/b5-4-,8-6+. The third kappa shape index (κ3) is 5.15. The van der Waals surface area contributed by atoms with Crippen molar-refractivity contribution in [3.8, 4) is 0 Å². The van der Waals surface area contributed by atoms with Gasteiger partial charge >= 0.3 is 0 Å². The van der Waals surface area contributed by atoms with Crippen LogP contribution in [0.25, 0.3) is 0 Å². The lowest BCUT2D eigenvalue weighted by molar-refractivity contribution is 0.823. The quantitative estimate of drug-likeness (QED) is 0.562. The molecule has 0 fully saturated rings. The molecule has 0 aliphatic carbocycles. The highest BCUT2D eigenvalue weighted by Crippen LogP contribution is 1.97. The van der Waals surface area contributed by atoms with Gasteiger partial charge in [0.1, 0.15) is 0 Å². The van der Waals surface area contributed by atoms with Crippen LogP contribution in [-0.2, 0) is 0 Å². The first-order chi connectivity index (χ1) is 4.16. The van der Waals surface area contributed by atoms with Crippen molar-refractivity contribution in [2.24, 2.45) is 11.7 Å². The van der Waals surface area contributed by atoms with Crippen molar-refractivity contribution in [3.63, 3.8) is 0 Å².